The Hall–Kier alpha value is -1.71. The highest BCUT2D eigenvalue weighted by Gasteiger charge is 2.24. The predicted octanol–water partition coefficient (Wildman–Crippen LogP) is 1.91. The van der Waals surface area contributed by atoms with Gasteiger partial charge in [0, 0.05) is 30.2 Å². The fourth-order valence-corrected chi connectivity index (χ4v) is 2.52. The van der Waals surface area contributed by atoms with Crippen molar-refractivity contribution in [2.24, 2.45) is 0 Å². The summed E-state index contributed by atoms with van der Waals surface area (Å²) in [6.45, 7) is 3.51. The summed E-state index contributed by atoms with van der Waals surface area (Å²) in [7, 11) is 0. The molecule has 0 spiro atoms. The van der Waals surface area contributed by atoms with Crippen molar-refractivity contribution >= 4 is 11.6 Å². The Morgan fingerprint density at radius 3 is 2.72 bits per heavy atom. The lowest BCUT2D eigenvalue weighted by Gasteiger charge is -2.23. The third kappa shape index (κ3) is 2.03. The van der Waals surface area contributed by atoms with E-state index in [-0.39, 0.29) is 17.1 Å². The molecule has 1 atom stereocenters. The Morgan fingerprint density at radius 2 is 2.06 bits per heavy atom. The van der Waals surface area contributed by atoms with E-state index in [1.54, 1.807) is 19.9 Å². The topological polar surface area (TPSA) is 56.1 Å². The van der Waals surface area contributed by atoms with Crippen LogP contribution in [0.5, 0.6) is 0 Å². The minimum Gasteiger partial charge on any atom is -0.302 e. The molecular weight excluding hydrogens is 230 g/mol. The lowest BCUT2D eigenvalue weighted by atomic mass is 9.93. The normalized spacial score (nSPS) is 16.2. The number of aromatic nitrogens is 1. The standard InChI is InChI=1S/C14H17NO3/c1-3-12(16)9(2)15-11-5-4-6-13(17)10(11)7-8-14(15)18/h7-9H,3-6H2,1-2H3. The molecule has 18 heavy (non-hydrogen) atoms. The van der Waals surface area contributed by atoms with Crippen molar-refractivity contribution in [3.8, 4) is 0 Å². The molecule has 0 bridgehead atoms. The summed E-state index contributed by atoms with van der Waals surface area (Å²) in [5.74, 6) is 0.0877. The van der Waals surface area contributed by atoms with E-state index in [1.807, 2.05) is 0 Å². The van der Waals surface area contributed by atoms with Gasteiger partial charge in [0.2, 0.25) is 0 Å². The van der Waals surface area contributed by atoms with Gasteiger partial charge in [-0.15, -0.1) is 0 Å². The quantitative estimate of drug-likeness (QED) is 0.819. The van der Waals surface area contributed by atoms with E-state index >= 15 is 0 Å². The zero-order valence-corrected chi connectivity index (χ0v) is 10.7. The van der Waals surface area contributed by atoms with Crippen LogP contribution in [0.2, 0.25) is 0 Å². The Balaban J connectivity index is 2.59. The van der Waals surface area contributed by atoms with Gasteiger partial charge in [0.25, 0.3) is 5.56 Å². The fourth-order valence-electron chi connectivity index (χ4n) is 2.52. The summed E-state index contributed by atoms with van der Waals surface area (Å²) in [6, 6.07) is 2.50. The Kier molecular flexibility index (Phi) is 3.45. The highest BCUT2D eigenvalue weighted by molar-refractivity contribution is 5.98. The summed E-state index contributed by atoms with van der Waals surface area (Å²) in [5, 5.41) is 0. The average molecular weight is 247 g/mol. The molecule has 0 aromatic carbocycles. The number of hydrogen-bond acceptors (Lipinski definition) is 3. The highest BCUT2D eigenvalue weighted by atomic mass is 16.1. The smallest absolute Gasteiger partial charge is 0.251 e. The largest absolute Gasteiger partial charge is 0.302 e. The van der Waals surface area contributed by atoms with Gasteiger partial charge in [-0.2, -0.15) is 0 Å². The lowest BCUT2D eigenvalue weighted by Crippen LogP contribution is -2.33. The molecule has 1 aromatic heterocycles. The maximum absolute atomic E-state index is 12.0. The first-order valence-corrected chi connectivity index (χ1v) is 6.36. The second-order valence-corrected chi connectivity index (χ2v) is 4.67. The zero-order chi connectivity index (χ0) is 13.3. The van der Waals surface area contributed by atoms with E-state index in [2.05, 4.69) is 0 Å². The molecule has 1 aromatic rings. The Morgan fingerprint density at radius 1 is 1.33 bits per heavy atom. The van der Waals surface area contributed by atoms with Crippen LogP contribution in [-0.2, 0) is 11.2 Å². The molecule has 4 nitrogen and oxygen atoms in total. The van der Waals surface area contributed by atoms with Crippen LogP contribution in [0.4, 0.5) is 0 Å². The predicted molar refractivity (Wildman–Crippen MR) is 68.0 cm³/mol. The van der Waals surface area contributed by atoms with Crippen LogP contribution in [-0.4, -0.2) is 16.1 Å². The molecule has 1 unspecified atom stereocenters. The second kappa shape index (κ2) is 4.88. The zero-order valence-electron chi connectivity index (χ0n) is 10.7. The Bertz CT molecular complexity index is 557. The molecule has 0 saturated heterocycles. The monoisotopic (exact) mass is 247 g/mol. The molecule has 0 aliphatic heterocycles. The minimum absolute atomic E-state index is 0.0172. The number of carbonyl (C=O) groups excluding carboxylic acids is 2. The van der Waals surface area contributed by atoms with Gasteiger partial charge in [-0.05, 0) is 25.8 Å². The fraction of sp³-hybridized carbons (Fsp3) is 0.500. The van der Waals surface area contributed by atoms with Crippen LogP contribution in [0.1, 0.15) is 55.2 Å². The van der Waals surface area contributed by atoms with Gasteiger partial charge < -0.3 is 4.57 Å². The molecule has 0 N–H and O–H groups in total. The van der Waals surface area contributed by atoms with E-state index in [0.717, 1.165) is 12.1 Å². The first kappa shape index (κ1) is 12.7. The number of pyridine rings is 1. The van der Waals surface area contributed by atoms with Crippen molar-refractivity contribution in [3.05, 3.63) is 33.7 Å². The van der Waals surface area contributed by atoms with Gasteiger partial charge in [-0.3, -0.25) is 14.4 Å². The summed E-state index contributed by atoms with van der Waals surface area (Å²) in [4.78, 5) is 35.6. The second-order valence-electron chi connectivity index (χ2n) is 4.67. The molecule has 0 saturated carbocycles. The molecule has 2 rings (SSSR count). The van der Waals surface area contributed by atoms with Crippen LogP contribution in [0.15, 0.2) is 16.9 Å². The van der Waals surface area contributed by atoms with Gasteiger partial charge >= 0.3 is 0 Å². The van der Waals surface area contributed by atoms with Gasteiger partial charge in [-0.1, -0.05) is 6.92 Å². The van der Waals surface area contributed by atoms with Crippen molar-refractivity contribution in [2.75, 3.05) is 0 Å². The molecule has 0 amide bonds. The summed E-state index contributed by atoms with van der Waals surface area (Å²) >= 11 is 0. The molecule has 96 valence electrons. The number of Topliss-reactive ketones (excluding diaryl/α,β-unsaturated/α-hetero) is 2. The molecule has 0 radical (unpaired) electrons. The number of nitrogens with zero attached hydrogens (tertiary/aromatic N) is 1. The van der Waals surface area contributed by atoms with Crippen molar-refractivity contribution in [1.29, 1.82) is 0 Å². The molecule has 4 heteroatoms. The van der Waals surface area contributed by atoms with Crippen LogP contribution >= 0.6 is 0 Å². The summed E-state index contributed by atoms with van der Waals surface area (Å²) in [5.41, 5.74) is 1.14. The third-order valence-corrected chi connectivity index (χ3v) is 3.55. The lowest BCUT2D eigenvalue weighted by molar-refractivity contribution is -0.121. The van der Waals surface area contributed by atoms with Crippen molar-refractivity contribution in [3.63, 3.8) is 0 Å². The molecule has 1 heterocycles. The maximum atomic E-state index is 12.0. The van der Waals surface area contributed by atoms with Gasteiger partial charge in [0.15, 0.2) is 11.6 Å². The maximum Gasteiger partial charge on any atom is 0.251 e. The van der Waals surface area contributed by atoms with Gasteiger partial charge in [-0.25, -0.2) is 0 Å². The average Bonchev–Trinajstić information content (AvgIpc) is 2.37. The van der Waals surface area contributed by atoms with E-state index in [0.29, 0.717) is 24.8 Å². The third-order valence-electron chi connectivity index (χ3n) is 3.55. The van der Waals surface area contributed by atoms with Crippen molar-refractivity contribution in [1.82, 2.24) is 4.57 Å². The van der Waals surface area contributed by atoms with Crippen LogP contribution < -0.4 is 5.56 Å². The first-order valence-electron chi connectivity index (χ1n) is 6.36. The number of fused-ring (bicyclic) bond motifs is 1. The number of ketones is 2. The highest BCUT2D eigenvalue weighted by Crippen LogP contribution is 2.22. The molecule has 0 fully saturated rings. The van der Waals surface area contributed by atoms with Crippen molar-refractivity contribution in [2.45, 2.75) is 45.6 Å². The van der Waals surface area contributed by atoms with Crippen LogP contribution in [0, 0.1) is 0 Å². The molecular formula is C14H17NO3. The SMILES string of the molecule is CCC(=O)C(C)n1c2c(ccc1=O)C(=O)CCC2. The Labute approximate surface area is 106 Å². The van der Waals surface area contributed by atoms with Gasteiger partial charge in [0.1, 0.15) is 0 Å². The van der Waals surface area contributed by atoms with Crippen molar-refractivity contribution < 1.29 is 9.59 Å². The number of rotatable bonds is 3. The van der Waals surface area contributed by atoms with E-state index in [4.69, 9.17) is 0 Å². The number of hydrogen-bond donors (Lipinski definition) is 0. The summed E-state index contributed by atoms with van der Waals surface area (Å²) in [6.07, 6.45) is 2.37. The van der Waals surface area contributed by atoms with E-state index in [9.17, 15) is 14.4 Å². The number of carbonyl (C=O) groups is 2. The van der Waals surface area contributed by atoms with Crippen LogP contribution in [0.3, 0.4) is 0 Å². The molecule has 1 aliphatic carbocycles. The summed E-state index contributed by atoms with van der Waals surface area (Å²) < 4.78 is 1.50. The van der Waals surface area contributed by atoms with Gasteiger partial charge in [0.05, 0.1) is 6.04 Å². The minimum atomic E-state index is -0.483. The molecule has 1 aliphatic rings. The van der Waals surface area contributed by atoms with Crippen LogP contribution in [0.25, 0.3) is 0 Å². The van der Waals surface area contributed by atoms with E-state index in [1.165, 1.54) is 10.6 Å². The van der Waals surface area contributed by atoms with E-state index < -0.39 is 6.04 Å². The first-order chi connectivity index (χ1) is 8.56.